The highest BCUT2D eigenvalue weighted by Crippen LogP contribution is 2.31. The van der Waals surface area contributed by atoms with Crippen LogP contribution in [0.1, 0.15) is 63.8 Å². The van der Waals surface area contributed by atoms with Crippen LogP contribution in [0.25, 0.3) is 10.9 Å². The van der Waals surface area contributed by atoms with Crippen molar-refractivity contribution < 1.29 is 9.50 Å². The Labute approximate surface area is 205 Å². The van der Waals surface area contributed by atoms with E-state index < -0.39 is 11.4 Å². The van der Waals surface area contributed by atoms with Crippen molar-refractivity contribution in [3.63, 3.8) is 0 Å². The molecule has 0 spiro atoms. The summed E-state index contributed by atoms with van der Waals surface area (Å²) in [6.07, 6.45) is 11.1. The zero-order valence-corrected chi connectivity index (χ0v) is 20.3. The van der Waals surface area contributed by atoms with Gasteiger partial charge in [-0.05, 0) is 74.8 Å². The minimum absolute atomic E-state index is 0.0387. The second kappa shape index (κ2) is 10.8. The summed E-state index contributed by atoms with van der Waals surface area (Å²) in [5.41, 5.74) is 2.34. The Morgan fingerprint density at radius 1 is 1.03 bits per heavy atom. The molecule has 1 aliphatic heterocycles. The number of hydrogen-bond donors (Lipinski definition) is 2. The number of rotatable bonds is 7. The first-order valence-corrected chi connectivity index (χ1v) is 13.1. The normalized spacial score (nSPS) is 17.7. The van der Waals surface area contributed by atoms with Gasteiger partial charge in [0.25, 0.3) is 5.56 Å². The summed E-state index contributed by atoms with van der Waals surface area (Å²) >= 11 is 0. The molecule has 1 saturated heterocycles. The number of anilines is 3. The highest BCUT2D eigenvalue weighted by molar-refractivity contribution is 5.81. The lowest BCUT2D eigenvalue weighted by Gasteiger charge is -2.33. The molecule has 1 aromatic carbocycles. The summed E-state index contributed by atoms with van der Waals surface area (Å²) in [6.45, 7) is 2.38. The van der Waals surface area contributed by atoms with Gasteiger partial charge in [0, 0.05) is 54.8 Å². The molecule has 2 fully saturated rings. The number of nitrogens with one attached hydrogen (secondary N) is 1. The van der Waals surface area contributed by atoms with Crippen LogP contribution in [0, 0.1) is 11.7 Å². The molecule has 2 aromatic heterocycles. The van der Waals surface area contributed by atoms with Gasteiger partial charge in [0.05, 0.1) is 5.52 Å². The van der Waals surface area contributed by atoms with Crippen LogP contribution >= 0.6 is 0 Å². The number of aliphatic hydroxyl groups is 1. The van der Waals surface area contributed by atoms with Gasteiger partial charge >= 0.3 is 0 Å². The zero-order valence-electron chi connectivity index (χ0n) is 20.3. The lowest BCUT2D eigenvalue weighted by Crippen LogP contribution is -2.33. The Morgan fingerprint density at radius 2 is 1.77 bits per heavy atom. The summed E-state index contributed by atoms with van der Waals surface area (Å²) in [5, 5.41) is 13.1. The molecule has 2 N–H and O–H groups in total. The molecule has 0 radical (unpaired) electrons. The average Bonchev–Trinajstić information content (AvgIpc) is 2.90. The van der Waals surface area contributed by atoms with Crippen LogP contribution in [-0.4, -0.2) is 34.4 Å². The summed E-state index contributed by atoms with van der Waals surface area (Å²) < 4.78 is 16.0. The second-order valence-electron chi connectivity index (χ2n) is 10.1. The van der Waals surface area contributed by atoms with Gasteiger partial charge in [0.15, 0.2) is 5.82 Å². The lowest BCUT2D eigenvalue weighted by atomic mass is 9.92. The first kappa shape index (κ1) is 23.8. The van der Waals surface area contributed by atoms with Crippen molar-refractivity contribution in [2.75, 3.05) is 29.9 Å². The second-order valence-corrected chi connectivity index (χ2v) is 10.1. The highest BCUT2D eigenvalue weighted by atomic mass is 19.1. The monoisotopic (exact) mass is 478 g/mol. The summed E-state index contributed by atoms with van der Waals surface area (Å²) in [4.78, 5) is 19.6. The van der Waals surface area contributed by atoms with E-state index in [1.165, 1.54) is 31.0 Å². The van der Waals surface area contributed by atoms with E-state index in [9.17, 15) is 9.18 Å². The van der Waals surface area contributed by atoms with Gasteiger partial charge in [-0.25, -0.2) is 9.37 Å². The predicted octanol–water partition coefficient (Wildman–Crippen LogP) is 5.77. The van der Waals surface area contributed by atoms with Gasteiger partial charge in [0.2, 0.25) is 0 Å². The number of aromatic nitrogens is 2. The topological polar surface area (TPSA) is 70.4 Å². The number of nitrogens with zero attached hydrogens (tertiary/aromatic N) is 3. The molecular formula is C28H35FN4O2. The Bertz CT molecular complexity index is 1200. The van der Waals surface area contributed by atoms with Crippen molar-refractivity contribution in [1.82, 2.24) is 9.55 Å². The van der Waals surface area contributed by atoms with Crippen LogP contribution in [0.15, 0.2) is 47.4 Å². The standard InChI is InChI=1S/C28H35FN4O2/c29-25-17-21-19-30-27(18-26(21)33(28(25)35)24-6-2-1-3-7-24)31-22-8-10-23(11-9-22)32-14-12-20(13-15-32)5-4-16-34/h8-11,17-20,24,34H,1-7,12-16H2,(H,30,31). The maximum absolute atomic E-state index is 14.4. The number of fused-ring (bicyclic) bond motifs is 1. The molecule has 6 nitrogen and oxygen atoms in total. The Kier molecular flexibility index (Phi) is 7.32. The van der Waals surface area contributed by atoms with Crippen LogP contribution < -0.4 is 15.8 Å². The molecule has 1 aliphatic carbocycles. The zero-order chi connectivity index (χ0) is 24.2. The van der Waals surface area contributed by atoms with Crippen LogP contribution in [-0.2, 0) is 0 Å². The molecule has 0 unspecified atom stereocenters. The van der Waals surface area contributed by atoms with Crippen molar-refractivity contribution in [2.24, 2.45) is 5.92 Å². The molecule has 1 saturated carbocycles. The van der Waals surface area contributed by atoms with Crippen molar-refractivity contribution in [2.45, 2.75) is 63.8 Å². The number of piperidine rings is 1. The third kappa shape index (κ3) is 5.35. The number of halogens is 1. The summed E-state index contributed by atoms with van der Waals surface area (Å²) in [6, 6.07) is 11.6. The third-order valence-corrected chi connectivity index (χ3v) is 7.71. The van der Waals surface area contributed by atoms with Gasteiger partial charge in [-0.15, -0.1) is 0 Å². The van der Waals surface area contributed by atoms with Gasteiger partial charge in [-0.2, -0.15) is 0 Å². The molecule has 35 heavy (non-hydrogen) atoms. The molecular weight excluding hydrogens is 443 g/mol. The fraction of sp³-hybridized carbons (Fsp3) is 0.500. The number of hydrogen-bond acceptors (Lipinski definition) is 5. The molecule has 2 aliphatic rings. The van der Waals surface area contributed by atoms with E-state index in [1.807, 2.05) is 6.07 Å². The molecule has 0 amide bonds. The van der Waals surface area contributed by atoms with Gasteiger partial charge in [-0.3, -0.25) is 4.79 Å². The summed E-state index contributed by atoms with van der Waals surface area (Å²) in [5.74, 6) is 0.655. The van der Waals surface area contributed by atoms with E-state index in [2.05, 4.69) is 39.5 Å². The predicted molar refractivity (Wildman–Crippen MR) is 139 cm³/mol. The first-order chi connectivity index (χ1) is 17.1. The highest BCUT2D eigenvalue weighted by Gasteiger charge is 2.21. The molecule has 3 aromatic rings. The van der Waals surface area contributed by atoms with E-state index in [-0.39, 0.29) is 12.6 Å². The van der Waals surface area contributed by atoms with Crippen molar-refractivity contribution in [1.29, 1.82) is 0 Å². The average molecular weight is 479 g/mol. The third-order valence-electron chi connectivity index (χ3n) is 7.71. The minimum atomic E-state index is -0.710. The number of aliphatic hydroxyl groups excluding tert-OH is 1. The SMILES string of the molecule is O=c1c(F)cc2cnc(Nc3ccc(N4CCC(CCCO)CC4)cc3)cc2n1C1CCCCC1. The minimum Gasteiger partial charge on any atom is -0.396 e. The van der Waals surface area contributed by atoms with E-state index >= 15 is 0 Å². The molecule has 186 valence electrons. The van der Waals surface area contributed by atoms with E-state index in [0.29, 0.717) is 11.2 Å². The molecule has 0 bridgehead atoms. The van der Waals surface area contributed by atoms with E-state index in [4.69, 9.17) is 5.11 Å². The smallest absolute Gasteiger partial charge is 0.287 e. The van der Waals surface area contributed by atoms with Crippen molar-refractivity contribution >= 4 is 28.1 Å². The largest absolute Gasteiger partial charge is 0.396 e. The van der Waals surface area contributed by atoms with Crippen LogP contribution in [0.5, 0.6) is 0 Å². The molecule has 5 rings (SSSR count). The van der Waals surface area contributed by atoms with Crippen molar-refractivity contribution in [3.8, 4) is 0 Å². The van der Waals surface area contributed by atoms with Gasteiger partial charge in [-0.1, -0.05) is 19.3 Å². The fourth-order valence-corrected chi connectivity index (χ4v) is 5.73. The van der Waals surface area contributed by atoms with Gasteiger partial charge < -0.3 is 19.9 Å². The maximum atomic E-state index is 14.4. The first-order valence-electron chi connectivity index (χ1n) is 13.1. The van der Waals surface area contributed by atoms with Crippen LogP contribution in [0.2, 0.25) is 0 Å². The van der Waals surface area contributed by atoms with Crippen molar-refractivity contribution in [3.05, 3.63) is 58.8 Å². The van der Waals surface area contributed by atoms with E-state index in [1.54, 1.807) is 10.8 Å². The fourth-order valence-electron chi connectivity index (χ4n) is 5.73. The number of pyridine rings is 2. The number of benzene rings is 1. The molecule has 7 heteroatoms. The van der Waals surface area contributed by atoms with Crippen LogP contribution in [0.4, 0.5) is 21.6 Å². The van der Waals surface area contributed by atoms with Gasteiger partial charge in [0.1, 0.15) is 5.82 Å². The summed E-state index contributed by atoms with van der Waals surface area (Å²) in [7, 11) is 0. The lowest BCUT2D eigenvalue weighted by molar-refractivity contribution is 0.261. The Balaban J connectivity index is 1.32. The Hall–Kier alpha value is -2.93. The van der Waals surface area contributed by atoms with Crippen LogP contribution in [0.3, 0.4) is 0 Å². The maximum Gasteiger partial charge on any atom is 0.287 e. The molecule has 0 atom stereocenters. The van der Waals surface area contributed by atoms with E-state index in [0.717, 1.165) is 68.7 Å². The quantitative estimate of drug-likeness (QED) is 0.451. The molecule has 3 heterocycles. The Morgan fingerprint density at radius 3 is 2.49 bits per heavy atom.